The molecule has 1 aromatic carbocycles. The first-order chi connectivity index (χ1) is 11.1. The van der Waals surface area contributed by atoms with Gasteiger partial charge in [0.15, 0.2) is 0 Å². The molecule has 0 aromatic heterocycles. The summed E-state index contributed by atoms with van der Waals surface area (Å²) in [6.07, 6.45) is 0. The predicted molar refractivity (Wildman–Crippen MR) is 83.4 cm³/mol. The summed E-state index contributed by atoms with van der Waals surface area (Å²) in [5.41, 5.74) is 1.26. The summed E-state index contributed by atoms with van der Waals surface area (Å²) in [7, 11) is 0. The fourth-order valence-electron chi connectivity index (χ4n) is 2.87. The van der Waals surface area contributed by atoms with Gasteiger partial charge in [0.25, 0.3) is 0 Å². The van der Waals surface area contributed by atoms with Gasteiger partial charge in [-0.3, -0.25) is 19.8 Å². The van der Waals surface area contributed by atoms with E-state index < -0.39 is 6.03 Å². The second-order valence-electron chi connectivity index (χ2n) is 5.85. The molecule has 4 amide bonds. The van der Waals surface area contributed by atoms with Gasteiger partial charge in [0.05, 0.1) is 0 Å². The van der Waals surface area contributed by atoms with Gasteiger partial charge in [-0.15, -0.1) is 0 Å². The van der Waals surface area contributed by atoms with Gasteiger partial charge in [0.1, 0.15) is 13.1 Å². The lowest BCUT2D eigenvalue weighted by molar-refractivity contribution is -0.133. The molecule has 2 aliphatic heterocycles. The summed E-state index contributed by atoms with van der Waals surface area (Å²) in [6, 6.07) is 9.76. The number of benzene rings is 1. The van der Waals surface area contributed by atoms with Crippen molar-refractivity contribution in [3.8, 4) is 0 Å². The van der Waals surface area contributed by atoms with Crippen molar-refractivity contribution in [2.45, 2.75) is 6.54 Å². The maximum Gasteiger partial charge on any atom is 0.325 e. The number of carbonyl (C=O) groups excluding carboxylic acids is 3. The quantitative estimate of drug-likeness (QED) is 0.786. The number of piperazine rings is 1. The molecule has 7 nitrogen and oxygen atoms in total. The highest BCUT2D eigenvalue weighted by Crippen LogP contribution is 2.09. The fourth-order valence-corrected chi connectivity index (χ4v) is 2.87. The Morgan fingerprint density at radius 2 is 1.74 bits per heavy atom. The molecule has 3 rings (SSSR count). The zero-order chi connectivity index (χ0) is 16.2. The third-order valence-corrected chi connectivity index (χ3v) is 4.17. The van der Waals surface area contributed by atoms with Crippen molar-refractivity contribution in [1.29, 1.82) is 0 Å². The zero-order valence-electron chi connectivity index (χ0n) is 12.9. The molecule has 0 radical (unpaired) electrons. The van der Waals surface area contributed by atoms with Crippen LogP contribution in [-0.2, 0) is 16.1 Å². The number of imide groups is 1. The molecule has 2 saturated heterocycles. The number of nitrogens with zero attached hydrogens (tertiary/aromatic N) is 3. The van der Waals surface area contributed by atoms with E-state index in [1.54, 1.807) is 4.90 Å². The van der Waals surface area contributed by atoms with Crippen LogP contribution in [0.15, 0.2) is 30.3 Å². The second kappa shape index (κ2) is 6.78. The van der Waals surface area contributed by atoms with Crippen molar-refractivity contribution < 1.29 is 14.4 Å². The maximum atomic E-state index is 12.2. The predicted octanol–water partition coefficient (Wildman–Crippen LogP) is -0.117. The first-order valence-corrected chi connectivity index (χ1v) is 7.74. The lowest BCUT2D eigenvalue weighted by atomic mass is 10.2. The smallest absolute Gasteiger partial charge is 0.325 e. The van der Waals surface area contributed by atoms with Crippen molar-refractivity contribution >= 4 is 17.8 Å². The molecule has 1 N–H and O–H groups in total. The van der Waals surface area contributed by atoms with Gasteiger partial charge in [-0.1, -0.05) is 30.3 Å². The van der Waals surface area contributed by atoms with E-state index in [2.05, 4.69) is 22.3 Å². The molecule has 0 aliphatic carbocycles. The largest absolute Gasteiger partial charge is 0.339 e. The van der Waals surface area contributed by atoms with Crippen LogP contribution in [0.1, 0.15) is 5.56 Å². The van der Waals surface area contributed by atoms with Crippen LogP contribution in [0, 0.1) is 0 Å². The molecule has 0 saturated carbocycles. The van der Waals surface area contributed by atoms with E-state index in [0.717, 1.165) is 19.6 Å². The molecule has 1 aromatic rings. The Hall–Kier alpha value is -2.41. The van der Waals surface area contributed by atoms with E-state index in [-0.39, 0.29) is 24.9 Å². The van der Waals surface area contributed by atoms with E-state index in [9.17, 15) is 14.4 Å². The molecule has 7 heteroatoms. The summed E-state index contributed by atoms with van der Waals surface area (Å²) >= 11 is 0. The molecule has 122 valence electrons. The molecule has 0 spiro atoms. The van der Waals surface area contributed by atoms with Crippen LogP contribution in [0.25, 0.3) is 0 Å². The Labute approximate surface area is 134 Å². The van der Waals surface area contributed by atoms with E-state index in [4.69, 9.17) is 0 Å². The molecule has 0 atom stereocenters. The Kier molecular flexibility index (Phi) is 4.57. The van der Waals surface area contributed by atoms with Crippen LogP contribution in [0.3, 0.4) is 0 Å². The maximum absolute atomic E-state index is 12.2. The van der Waals surface area contributed by atoms with Gasteiger partial charge >= 0.3 is 6.03 Å². The highest BCUT2D eigenvalue weighted by Gasteiger charge is 2.30. The fraction of sp³-hybridized carbons (Fsp3) is 0.438. The molecule has 0 unspecified atom stereocenters. The van der Waals surface area contributed by atoms with Crippen LogP contribution in [-0.4, -0.2) is 71.8 Å². The third kappa shape index (κ3) is 3.87. The standard InChI is InChI=1S/C16H20N4O3/c21-14-11-20(16(23)17-14)12-15(22)19-8-6-18(7-9-19)10-13-4-2-1-3-5-13/h1-5H,6-12H2,(H,17,21,23). The summed E-state index contributed by atoms with van der Waals surface area (Å²) in [5, 5.41) is 2.18. The van der Waals surface area contributed by atoms with Crippen molar-refractivity contribution in [1.82, 2.24) is 20.0 Å². The van der Waals surface area contributed by atoms with Gasteiger partial charge in [0.2, 0.25) is 11.8 Å². The first kappa shape index (κ1) is 15.5. The van der Waals surface area contributed by atoms with Gasteiger partial charge < -0.3 is 9.80 Å². The Morgan fingerprint density at radius 1 is 1.04 bits per heavy atom. The minimum absolute atomic E-state index is 0.0292. The molecular weight excluding hydrogens is 296 g/mol. The van der Waals surface area contributed by atoms with Gasteiger partial charge in [-0.2, -0.15) is 0 Å². The zero-order valence-corrected chi connectivity index (χ0v) is 12.9. The lowest BCUT2D eigenvalue weighted by Crippen LogP contribution is -2.51. The second-order valence-corrected chi connectivity index (χ2v) is 5.85. The number of amides is 4. The SMILES string of the molecule is O=C1CN(CC(=O)N2CCN(Cc3ccccc3)CC2)C(=O)N1. The normalized spacial score (nSPS) is 19.1. The summed E-state index contributed by atoms with van der Waals surface area (Å²) in [6.45, 7) is 3.74. The number of urea groups is 1. The van der Waals surface area contributed by atoms with Crippen LogP contribution < -0.4 is 5.32 Å². The van der Waals surface area contributed by atoms with E-state index in [1.165, 1.54) is 10.5 Å². The Morgan fingerprint density at radius 3 is 2.35 bits per heavy atom. The number of rotatable bonds is 4. The van der Waals surface area contributed by atoms with Gasteiger partial charge in [-0.05, 0) is 5.56 Å². The summed E-state index contributed by atoms with van der Waals surface area (Å²) in [4.78, 5) is 40.2. The summed E-state index contributed by atoms with van der Waals surface area (Å²) < 4.78 is 0. The third-order valence-electron chi connectivity index (χ3n) is 4.17. The Balaban J connectivity index is 1.46. The molecule has 23 heavy (non-hydrogen) atoms. The van der Waals surface area contributed by atoms with Crippen LogP contribution in [0.2, 0.25) is 0 Å². The molecular formula is C16H20N4O3. The monoisotopic (exact) mass is 316 g/mol. The van der Waals surface area contributed by atoms with Gasteiger partial charge in [-0.25, -0.2) is 4.79 Å². The van der Waals surface area contributed by atoms with Gasteiger partial charge in [0, 0.05) is 32.7 Å². The average Bonchev–Trinajstić information content (AvgIpc) is 2.86. The lowest BCUT2D eigenvalue weighted by Gasteiger charge is -2.35. The Bertz CT molecular complexity index is 597. The van der Waals surface area contributed by atoms with Crippen molar-refractivity contribution in [2.75, 3.05) is 39.3 Å². The minimum atomic E-state index is -0.480. The highest BCUT2D eigenvalue weighted by molar-refractivity contribution is 6.03. The summed E-state index contributed by atoms with van der Waals surface area (Å²) in [5.74, 6) is -0.454. The number of hydrogen-bond donors (Lipinski definition) is 1. The number of carbonyl (C=O) groups is 3. The van der Waals surface area contributed by atoms with Crippen molar-refractivity contribution in [3.63, 3.8) is 0 Å². The first-order valence-electron chi connectivity index (χ1n) is 7.74. The molecule has 2 fully saturated rings. The molecule has 2 heterocycles. The van der Waals surface area contributed by atoms with Crippen LogP contribution in [0.4, 0.5) is 4.79 Å². The van der Waals surface area contributed by atoms with Crippen molar-refractivity contribution in [2.24, 2.45) is 0 Å². The molecule has 2 aliphatic rings. The van der Waals surface area contributed by atoms with E-state index in [0.29, 0.717) is 13.1 Å². The van der Waals surface area contributed by atoms with E-state index in [1.807, 2.05) is 18.2 Å². The van der Waals surface area contributed by atoms with Crippen LogP contribution in [0.5, 0.6) is 0 Å². The van der Waals surface area contributed by atoms with Crippen LogP contribution >= 0.6 is 0 Å². The molecule has 0 bridgehead atoms. The highest BCUT2D eigenvalue weighted by atomic mass is 16.2. The number of hydrogen-bond acceptors (Lipinski definition) is 4. The number of nitrogens with one attached hydrogen (secondary N) is 1. The van der Waals surface area contributed by atoms with Crippen molar-refractivity contribution in [3.05, 3.63) is 35.9 Å². The average molecular weight is 316 g/mol. The minimum Gasteiger partial charge on any atom is -0.339 e. The van der Waals surface area contributed by atoms with E-state index >= 15 is 0 Å². The topological polar surface area (TPSA) is 73.0 Å².